The molecule has 1 amide bonds. The number of nitrogens with zero attached hydrogens (tertiary/aromatic N) is 1. The number of hydrazone groups is 1. The first-order valence-electron chi connectivity index (χ1n) is 11.6. The maximum atomic E-state index is 12.4. The van der Waals surface area contributed by atoms with Crippen LogP contribution in [0, 0.1) is 0 Å². The topological polar surface area (TPSA) is 97.2 Å². The smallest absolute Gasteiger partial charge is 0.343 e. The van der Waals surface area contributed by atoms with Crippen LogP contribution in [0.25, 0.3) is 10.8 Å². The van der Waals surface area contributed by atoms with Gasteiger partial charge in [-0.1, -0.05) is 37.6 Å². The number of hydrogen-bond acceptors (Lipinski definition) is 6. The molecule has 0 fully saturated rings. The van der Waals surface area contributed by atoms with E-state index in [0.29, 0.717) is 29.2 Å². The summed E-state index contributed by atoms with van der Waals surface area (Å²) in [6.07, 6.45) is 3.49. The molecule has 7 nitrogen and oxygen atoms in total. The molecule has 0 aliphatic carbocycles. The number of phenolic OH excluding ortho intramolecular Hbond substituents is 1. The number of unbranched alkanes of at least 4 members (excludes halogenated alkanes) is 1. The molecule has 0 heterocycles. The van der Waals surface area contributed by atoms with Crippen LogP contribution in [0.2, 0.25) is 0 Å². The van der Waals surface area contributed by atoms with Crippen molar-refractivity contribution in [2.75, 3.05) is 6.61 Å². The van der Waals surface area contributed by atoms with E-state index in [1.807, 2.05) is 24.3 Å². The molecule has 4 aromatic rings. The van der Waals surface area contributed by atoms with E-state index in [9.17, 15) is 14.7 Å². The standard InChI is InChI=1S/C29H26N2O5/c1-2-3-16-35-24-14-10-21(11-15-24)29(34)36-25-12-8-20(9-13-25)19-30-31-28(33)26-17-22-6-4-5-7-23(22)18-27(26)32/h4-15,17-19,32H,2-3,16H2,1H3,(H,31,33)/b30-19-. The molecule has 0 atom stereocenters. The summed E-state index contributed by atoms with van der Waals surface area (Å²) in [5, 5.41) is 15.8. The maximum absolute atomic E-state index is 12.4. The third-order valence-electron chi connectivity index (χ3n) is 5.44. The second-order valence-corrected chi connectivity index (χ2v) is 8.10. The van der Waals surface area contributed by atoms with Gasteiger partial charge < -0.3 is 14.6 Å². The fourth-order valence-corrected chi connectivity index (χ4v) is 3.45. The van der Waals surface area contributed by atoms with Crippen molar-refractivity contribution in [3.8, 4) is 17.2 Å². The molecular weight excluding hydrogens is 456 g/mol. The lowest BCUT2D eigenvalue weighted by Crippen LogP contribution is -2.17. The minimum Gasteiger partial charge on any atom is -0.507 e. The average Bonchev–Trinajstić information content (AvgIpc) is 2.89. The van der Waals surface area contributed by atoms with Gasteiger partial charge in [0.2, 0.25) is 0 Å². The van der Waals surface area contributed by atoms with Crippen LogP contribution in [-0.4, -0.2) is 29.8 Å². The summed E-state index contributed by atoms with van der Waals surface area (Å²) in [7, 11) is 0. The molecule has 0 saturated heterocycles. The van der Waals surface area contributed by atoms with E-state index in [4.69, 9.17) is 9.47 Å². The van der Waals surface area contributed by atoms with Crippen LogP contribution in [0.3, 0.4) is 0 Å². The summed E-state index contributed by atoms with van der Waals surface area (Å²) in [5.74, 6) is -0.0239. The van der Waals surface area contributed by atoms with Crippen molar-refractivity contribution in [3.63, 3.8) is 0 Å². The van der Waals surface area contributed by atoms with Crippen molar-refractivity contribution in [1.29, 1.82) is 0 Å². The zero-order chi connectivity index (χ0) is 25.3. The van der Waals surface area contributed by atoms with E-state index in [0.717, 1.165) is 23.6 Å². The molecule has 0 saturated carbocycles. The minimum absolute atomic E-state index is 0.119. The second-order valence-electron chi connectivity index (χ2n) is 8.10. The Morgan fingerprint density at radius 2 is 1.58 bits per heavy atom. The lowest BCUT2D eigenvalue weighted by Gasteiger charge is -2.07. The van der Waals surface area contributed by atoms with Crippen molar-refractivity contribution in [2.24, 2.45) is 5.10 Å². The lowest BCUT2D eigenvalue weighted by atomic mass is 10.1. The van der Waals surface area contributed by atoms with Gasteiger partial charge in [0.05, 0.1) is 23.9 Å². The molecule has 0 spiro atoms. The molecule has 0 aliphatic rings. The molecule has 4 rings (SSSR count). The van der Waals surface area contributed by atoms with Crippen LogP contribution in [-0.2, 0) is 0 Å². The molecule has 2 N–H and O–H groups in total. The average molecular weight is 483 g/mol. The zero-order valence-electron chi connectivity index (χ0n) is 19.8. The van der Waals surface area contributed by atoms with E-state index < -0.39 is 11.9 Å². The van der Waals surface area contributed by atoms with E-state index in [1.165, 1.54) is 6.21 Å². The normalized spacial score (nSPS) is 10.9. The number of carbonyl (C=O) groups is 2. The van der Waals surface area contributed by atoms with Gasteiger partial charge in [-0.2, -0.15) is 5.10 Å². The van der Waals surface area contributed by atoms with Gasteiger partial charge in [-0.05, 0) is 83.4 Å². The minimum atomic E-state index is -0.526. The number of phenols is 1. The van der Waals surface area contributed by atoms with Gasteiger partial charge in [0.15, 0.2) is 0 Å². The van der Waals surface area contributed by atoms with E-state index in [-0.39, 0.29) is 11.3 Å². The fourth-order valence-electron chi connectivity index (χ4n) is 3.45. The van der Waals surface area contributed by atoms with Crippen LogP contribution in [0.4, 0.5) is 0 Å². The Bertz CT molecular complexity index is 1380. The van der Waals surface area contributed by atoms with Crippen LogP contribution in [0.5, 0.6) is 17.2 Å². The number of esters is 1. The summed E-state index contributed by atoms with van der Waals surface area (Å²) in [6, 6.07) is 24.1. The van der Waals surface area contributed by atoms with Crippen molar-refractivity contribution >= 4 is 28.9 Å². The zero-order valence-corrected chi connectivity index (χ0v) is 19.8. The molecule has 0 aliphatic heterocycles. The van der Waals surface area contributed by atoms with Gasteiger partial charge in [-0.25, -0.2) is 10.2 Å². The molecule has 4 aromatic carbocycles. The van der Waals surface area contributed by atoms with E-state index >= 15 is 0 Å². The Hall–Kier alpha value is -4.65. The Labute approximate surface area is 209 Å². The number of benzene rings is 4. The number of rotatable bonds is 9. The summed E-state index contributed by atoms with van der Waals surface area (Å²) in [4.78, 5) is 24.9. The van der Waals surface area contributed by atoms with Crippen LogP contribution in [0.1, 0.15) is 46.0 Å². The Kier molecular flexibility index (Phi) is 7.93. The lowest BCUT2D eigenvalue weighted by molar-refractivity contribution is 0.0734. The summed E-state index contributed by atoms with van der Waals surface area (Å²) in [6.45, 7) is 2.74. The van der Waals surface area contributed by atoms with E-state index in [2.05, 4.69) is 17.5 Å². The van der Waals surface area contributed by atoms with Gasteiger partial charge in [0.1, 0.15) is 17.2 Å². The van der Waals surface area contributed by atoms with Gasteiger partial charge in [-0.15, -0.1) is 0 Å². The third-order valence-corrected chi connectivity index (χ3v) is 5.44. The SMILES string of the molecule is CCCCOc1ccc(C(=O)Oc2ccc(/C=N\NC(=O)c3cc4ccccc4cc3O)cc2)cc1. The summed E-state index contributed by atoms with van der Waals surface area (Å²) >= 11 is 0. The number of carbonyl (C=O) groups excluding carboxylic acids is 2. The number of aromatic hydroxyl groups is 1. The Morgan fingerprint density at radius 3 is 2.28 bits per heavy atom. The number of hydrogen-bond donors (Lipinski definition) is 2. The van der Waals surface area contributed by atoms with Crippen molar-refractivity contribution < 1.29 is 24.2 Å². The summed E-state index contributed by atoms with van der Waals surface area (Å²) < 4.78 is 11.0. The number of amides is 1. The quantitative estimate of drug-likeness (QED) is 0.105. The molecule has 0 unspecified atom stereocenters. The van der Waals surface area contributed by atoms with Crippen LogP contribution in [0.15, 0.2) is 90.0 Å². The van der Waals surface area contributed by atoms with Gasteiger partial charge in [-0.3, -0.25) is 4.79 Å². The molecule has 182 valence electrons. The first kappa shape index (κ1) is 24.5. The Balaban J connectivity index is 1.31. The van der Waals surface area contributed by atoms with E-state index in [1.54, 1.807) is 60.7 Å². The van der Waals surface area contributed by atoms with Crippen molar-refractivity contribution in [3.05, 3.63) is 102 Å². The summed E-state index contributed by atoms with van der Waals surface area (Å²) in [5.41, 5.74) is 3.66. The third kappa shape index (κ3) is 6.27. The van der Waals surface area contributed by atoms with Gasteiger partial charge in [0.25, 0.3) is 5.91 Å². The van der Waals surface area contributed by atoms with Gasteiger partial charge >= 0.3 is 5.97 Å². The molecule has 0 aromatic heterocycles. The molecule has 0 bridgehead atoms. The molecule has 7 heteroatoms. The predicted molar refractivity (Wildman–Crippen MR) is 139 cm³/mol. The largest absolute Gasteiger partial charge is 0.507 e. The number of nitrogens with one attached hydrogen (secondary N) is 1. The highest BCUT2D eigenvalue weighted by atomic mass is 16.5. The first-order valence-corrected chi connectivity index (χ1v) is 11.6. The van der Waals surface area contributed by atoms with Crippen LogP contribution < -0.4 is 14.9 Å². The highest BCUT2D eigenvalue weighted by Crippen LogP contribution is 2.25. The highest BCUT2D eigenvalue weighted by Gasteiger charge is 2.12. The van der Waals surface area contributed by atoms with Crippen molar-refractivity contribution in [1.82, 2.24) is 5.43 Å². The second kappa shape index (κ2) is 11.7. The first-order chi connectivity index (χ1) is 17.5. The highest BCUT2D eigenvalue weighted by molar-refractivity contribution is 6.01. The molecule has 36 heavy (non-hydrogen) atoms. The maximum Gasteiger partial charge on any atom is 0.343 e. The molecule has 0 radical (unpaired) electrons. The van der Waals surface area contributed by atoms with Gasteiger partial charge in [0, 0.05) is 0 Å². The number of fused-ring (bicyclic) bond motifs is 1. The number of ether oxygens (including phenoxy) is 2. The fraction of sp³-hybridized carbons (Fsp3) is 0.138. The monoisotopic (exact) mass is 482 g/mol. The Morgan fingerprint density at radius 1 is 0.917 bits per heavy atom. The van der Waals surface area contributed by atoms with Crippen LogP contribution >= 0.6 is 0 Å². The molecular formula is C29H26N2O5. The van der Waals surface area contributed by atoms with Crippen molar-refractivity contribution in [2.45, 2.75) is 19.8 Å². The predicted octanol–water partition coefficient (Wildman–Crippen LogP) is 5.71.